The molecule has 1 heterocycles. The predicted molar refractivity (Wildman–Crippen MR) is 49.1 cm³/mol. The normalized spacial score (nSPS) is 12.1. The van der Waals surface area contributed by atoms with Crippen molar-refractivity contribution >= 4 is 21.1 Å². The predicted octanol–water partition coefficient (Wildman–Crippen LogP) is 1.53. The molecule has 0 radical (unpaired) electrons. The van der Waals surface area contributed by atoms with E-state index in [0.717, 1.165) is 5.56 Å². The zero-order valence-corrected chi connectivity index (χ0v) is 8.10. The number of nitrogens with one attached hydrogen (secondary N) is 1. The van der Waals surface area contributed by atoms with E-state index in [1.807, 2.05) is 0 Å². The minimum Gasteiger partial charge on any atom is -0.264 e. The number of aryl methyl sites for hydroxylation is 1. The number of nitrogens with zero attached hydrogens (tertiary/aromatic N) is 1. The van der Waals surface area contributed by atoms with Gasteiger partial charge in [-0.05, 0) is 19.1 Å². The first-order valence-corrected chi connectivity index (χ1v) is 5.26. The number of hydrogen-bond donors (Lipinski definition) is 1. The number of hydrogen-bond acceptors (Lipinski definition) is 3. The summed E-state index contributed by atoms with van der Waals surface area (Å²) in [6, 6.07) is 4.99. The number of aromatic nitrogens is 2. The molecule has 2 aromatic rings. The molecule has 4 nitrogen and oxygen atoms in total. The van der Waals surface area contributed by atoms with E-state index >= 15 is 0 Å². The molecular weight excluding hydrogens is 207 g/mol. The van der Waals surface area contributed by atoms with Gasteiger partial charge in [0.1, 0.15) is 0 Å². The third kappa shape index (κ3) is 1.37. The van der Waals surface area contributed by atoms with Crippen molar-refractivity contribution in [1.29, 1.82) is 0 Å². The summed E-state index contributed by atoms with van der Waals surface area (Å²) in [6.07, 6.45) is 0. The second-order valence-corrected chi connectivity index (χ2v) is 4.30. The SMILES string of the molecule is Cc1ccc2n[nH]c(S(=O)(=O)F)c2c1. The summed E-state index contributed by atoms with van der Waals surface area (Å²) in [7, 11) is -4.72. The maximum absolute atomic E-state index is 12.7. The number of rotatable bonds is 1. The number of fused-ring (bicyclic) bond motifs is 1. The second-order valence-electron chi connectivity index (χ2n) is 3.01. The Hall–Kier alpha value is -1.43. The van der Waals surface area contributed by atoms with Gasteiger partial charge in [-0.2, -0.15) is 13.5 Å². The summed E-state index contributed by atoms with van der Waals surface area (Å²) in [4.78, 5) is 0. The largest absolute Gasteiger partial charge is 0.349 e. The topological polar surface area (TPSA) is 62.8 Å². The Bertz CT molecular complexity index is 588. The number of benzene rings is 1. The van der Waals surface area contributed by atoms with E-state index in [0.29, 0.717) is 5.52 Å². The van der Waals surface area contributed by atoms with Crippen LogP contribution in [0.5, 0.6) is 0 Å². The molecule has 6 heteroatoms. The Morgan fingerprint density at radius 1 is 1.43 bits per heavy atom. The van der Waals surface area contributed by atoms with Crippen LogP contribution in [0.2, 0.25) is 0 Å². The van der Waals surface area contributed by atoms with Crippen LogP contribution in [0.25, 0.3) is 10.9 Å². The monoisotopic (exact) mass is 214 g/mol. The van der Waals surface area contributed by atoms with Gasteiger partial charge >= 0.3 is 10.2 Å². The van der Waals surface area contributed by atoms with Crippen LogP contribution < -0.4 is 0 Å². The lowest BCUT2D eigenvalue weighted by Crippen LogP contribution is -1.92. The Morgan fingerprint density at radius 2 is 2.14 bits per heavy atom. The van der Waals surface area contributed by atoms with Crippen LogP contribution in [0, 0.1) is 6.92 Å². The van der Waals surface area contributed by atoms with Gasteiger partial charge in [-0.3, -0.25) is 5.10 Å². The summed E-state index contributed by atoms with van der Waals surface area (Å²) >= 11 is 0. The molecule has 0 spiro atoms. The van der Waals surface area contributed by atoms with Gasteiger partial charge in [0.05, 0.1) is 5.52 Å². The van der Waals surface area contributed by atoms with Gasteiger partial charge in [0.2, 0.25) is 0 Å². The van der Waals surface area contributed by atoms with Crippen LogP contribution >= 0.6 is 0 Å². The summed E-state index contributed by atoms with van der Waals surface area (Å²) in [5.74, 6) is 0. The van der Waals surface area contributed by atoms with Crippen LogP contribution in [0.3, 0.4) is 0 Å². The number of aromatic amines is 1. The summed E-state index contributed by atoms with van der Waals surface area (Å²) in [6.45, 7) is 1.79. The minimum atomic E-state index is -4.72. The van der Waals surface area contributed by atoms with Crippen LogP contribution in [0.4, 0.5) is 3.89 Å². The molecule has 1 aromatic heterocycles. The third-order valence-electron chi connectivity index (χ3n) is 1.92. The van der Waals surface area contributed by atoms with E-state index in [9.17, 15) is 12.3 Å². The van der Waals surface area contributed by atoms with E-state index in [1.54, 1.807) is 25.1 Å². The lowest BCUT2D eigenvalue weighted by molar-refractivity contribution is 0.548. The average Bonchev–Trinajstić information content (AvgIpc) is 2.45. The van der Waals surface area contributed by atoms with Crippen molar-refractivity contribution in [3.63, 3.8) is 0 Å². The summed E-state index contributed by atoms with van der Waals surface area (Å²) < 4.78 is 34.1. The van der Waals surface area contributed by atoms with E-state index in [-0.39, 0.29) is 5.39 Å². The van der Waals surface area contributed by atoms with Crippen molar-refractivity contribution in [2.45, 2.75) is 11.9 Å². The molecule has 0 fully saturated rings. The van der Waals surface area contributed by atoms with Crippen LogP contribution in [-0.4, -0.2) is 18.6 Å². The Balaban J connectivity index is 2.87. The Morgan fingerprint density at radius 3 is 2.79 bits per heavy atom. The molecule has 0 amide bonds. The number of halogens is 1. The third-order valence-corrected chi connectivity index (χ3v) is 2.72. The van der Waals surface area contributed by atoms with Gasteiger partial charge in [0, 0.05) is 5.39 Å². The van der Waals surface area contributed by atoms with Crippen molar-refractivity contribution in [3.05, 3.63) is 23.8 Å². The van der Waals surface area contributed by atoms with Crippen LogP contribution in [-0.2, 0) is 10.2 Å². The van der Waals surface area contributed by atoms with Crippen molar-refractivity contribution in [1.82, 2.24) is 10.2 Å². The lowest BCUT2D eigenvalue weighted by atomic mass is 10.2. The molecule has 0 aliphatic rings. The zero-order chi connectivity index (χ0) is 10.3. The first kappa shape index (κ1) is 9.14. The van der Waals surface area contributed by atoms with E-state index in [1.165, 1.54) is 0 Å². The molecule has 1 N–H and O–H groups in total. The van der Waals surface area contributed by atoms with Gasteiger partial charge in [-0.25, -0.2) is 0 Å². The first-order chi connectivity index (χ1) is 6.48. The van der Waals surface area contributed by atoms with Gasteiger partial charge in [0.15, 0.2) is 5.03 Å². The smallest absolute Gasteiger partial charge is 0.264 e. The standard InChI is InChI=1S/C8H7FN2O2S/c1-5-2-3-7-6(4-5)8(11-10-7)14(9,12)13/h2-4H,1H3,(H,10,11). The fourth-order valence-electron chi connectivity index (χ4n) is 1.29. The highest BCUT2D eigenvalue weighted by Gasteiger charge is 2.18. The molecule has 0 aliphatic heterocycles. The van der Waals surface area contributed by atoms with Crippen molar-refractivity contribution in [3.8, 4) is 0 Å². The fourth-order valence-corrected chi connectivity index (χ4v) is 1.87. The molecule has 74 valence electrons. The van der Waals surface area contributed by atoms with Gasteiger partial charge in [0.25, 0.3) is 0 Å². The van der Waals surface area contributed by atoms with Crippen LogP contribution in [0.1, 0.15) is 5.56 Å². The molecule has 0 aliphatic carbocycles. The molecule has 0 unspecified atom stereocenters. The minimum absolute atomic E-state index is 0.285. The lowest BCUT2D eigenvalue weighted by Gasteiger charge is -1.92. The molecule has 0 bridgehead atoms. The van der Waals surface area contributed by atoms with E-state index in [4.69, 9.17) is 0 Å². The number of H-pyrrole nitrogens is 1. The quantitative estimate of drug-likeness (QED) is 0.732. The molecule has 2 rings (SSSR count). The van der Waals surface area contributed by atoms with Crippen molar-refractivity contribution in [2.75, 3.05) is 0 Å². The summed E-state index contributed by atoms with van der Waals surface area (Å²) in [5.41, 5.74) is 1.29. The Labute approximate surface area is 80.0 Å². The molecule has 14 heavy (non-hydrogen) atoms. The molecule has 0 saturated heterocycles. The summed E-state index contributed by atoms with van der Waals surface area (Å²) in [5, 5.41) is 5.66. The highest BCUT2D eigenvalue weighted by molar-refractivity contribution is 7.86. The highest BCUT2D eigenvalue weighted by Crippen LogP contribution is 2.22. The molecule has 0 saturated carbocycles. The van der Waals surface area contributed by atoms with Crippen molar-refractivity contribution < 1.29 is 12.3 Å². The first-order valence-electron chi connectivity index (χ1n) is 3.88. The zero-order valence-electron chi connectivity index (χ0n) is 7.28. The molecular formula is C8H7FN2O2S. The second kappa shape index (κ2) is 2.78. The fraction of sp³-hybridized carbons (Fsp3) is 0.125. The Kier molecular flexibility index (Phi) is 1.81. The molecule has 1 aromatic carbocycles. The average molecular weight is 214 g/mol. The van der Waals surface area contributed by atoms with Crippen LogP contribution in [0.15, 0.2) is 23.2 Å². The van der Waals surface area contributed by atoms with E-state index in [2.05, 4.69) is 10.2 Å². The highest BCUT2D eigenvalue weighted by atomic mass is 32.3. The maximum Gasteiger partial charge on any atom is 0.349 e. The molecule has 0 atom stereocenters. The van der Waals surface area contributed by atoms with Gasteiger partial charge < -0.3 is 0 Å². The maximum atomic E-state index is 12.7. The van der Waals surface area contributed by atoms with Gasteiger partial charge in [-0.1, -0.05) is 15.5 Å². The van der Waals surface area contributed by atoms with Gasteiger partial charge in [-0.15, -0.1) is 0 Å². The van der Waals surface area contributed by atoms with Crippen molar-refractivity contribution in [2.24, 2.45) is 0 Å². The van der Waals surface area contributed by atoms with E-state index < -0.39 is 15.2 Å².